The standard InChI is InChI=1S/C15H10ClFN2O/c1-9-6-7-10(17)8-13(9)20-14-11-4-2-3-5-12(11)18-15(16)19-14/h2-8H,1H3. The van der Waals surface area contributed by atoms with Gasteiger partial charge in [-0.05, 0) is 42.3 Å². The first kappa shape index (κ1) is 12.8. The van der Waals surface area contributed by atoms with Gasteiger partial charge in [-0.3, -0.25) is 0 Å². The molecule has 0 aliphatic carbocycles. The molecular weight excluding hydrogens is 279 g/mol. The second kappa shape index (κ2) is 5.06. The Kier molecular flexibility index (Phi) is 3.24. The van der Waals surface area contributed by atoms with Crippen LogP contribution in [0.1, 0.15) is 5.56 Å². The zero-order valence-corrected chi connectivity index (χ0v) is 11.4. The van der Waals surface area contributed by atoms with E-state index in [1.807, 2.05) is 31.2 Å². The molecule has 0 amide bonds. The van der Waals surface area contributed by atoms with Crippen molar-refractivity contribution in [2.75, 3.05) is 0 Å². The van der Waals surface area contributed by atoms with E-state index in [-0.39, 0.29) is 11.1 Å². The van der Waals surface area contributed by atoms with Gasteiger partial charge in [0, 0.05) is 6.07 Å². The van der Waals surface area contributed by atoms with Crippen LogP contribution in [0.5, 0.6) is 11.6 Å². The van der Waals surface area contributed by atoms with Crippen LogP contribution < -0.4 is 4.74 Å². The number of rotatable bonds is 2. The van der Waals surface area contributed by atoms with Gasteiger partial charge in [-0.15, -0.1) is 0 Å². The molecule has 0 atom stereocenters. The fourth-order valence-electron chi connectivity index (χ4n) is 1.89. The van der Waals surface area contributed by atoms with Gasteiger partial charge in [-0.1, -0.05) is 18.2 Å². The van der Waals surface area contributed by atoms with E-state index >= 15 is 0 Å². The minimum absolute atomic E-state index is 0.0905. The molecule has 0 spiro atoms. The van der Waals surface area contributed by atoms with Crippen LogP contribution >= 0.6 is 11.6 Å². The molecule has 0 saturated carbocycles. The van der Waals surface area contributed by atoms with Gasteiger partial charge < -0.3 is 4.74 Å². The number of hydrogen-bond donors (Lipinski definition) is 0. The topological polar surface area (TPSA) is 35.0 Å². The summed E-state index contributed by atoms with van der Waals surface area (Å²) in [6, 6.07) is 11.7. The van der Waals surface area contributed by atoms with Gasteiger partial charge >= 0.3 is 0 Å². The second-order valence-corrected chi connectivity index (χ2v) is 4.66. The van der Waals surface area contributed by atoms with Gasteiger partial charge in [-0.25, -0.2) is 9.37 Å². The van der Waals surface area contributed by atoms with E-state index in [0.29, 0.717) is 17.1 Å². The minimum Gasteiger partial charge on any atom is -0.438 e. The number of ether oxygens (including phenoxy) is 1. The predicted molar refractivity (Wildman–Crippen MR) is 75.8 cm³/mol. The first-order chi connectivity index (χ1) is 9.63. The van der Waals surface area contributed by atoms with Gasteiger partial charge in [0.25, 0.3) is 0 Å². The molecule has 3 rings (SSSR count). The predicted octanol–water partition coefficient (Wildman–Crippen LogP) is 4.52. The lowest BCUT2D eigenvalue weighted by molar-refractivity contribution is 0.459. The minimum atomic E-state index is -0.366. The molecule has 3 nitrogen and oxygen atoms in total. The fourth-order valence-corrected chi connectivity index (χ4v) is 2.05. The van der Waals surface area contributed by atoms with Crippen molar-refractivity contribution in [2.24, 2.45) is 0 Å². The SMILES string of the molecule is Cc1ccc(F)cc1Oc1nc(Cl)nc2ccccc12. The number of fused-ring (bicyclic) bond motifs is 1. The molecule has 0 N–H and O–H groups in total. The Balaban J connectivity index is 2.13. The molecule has 0 fully saturated rings. The van der Waals surface area contributed by atoms with Crippen LogP contribution in [0, 0.1) is 12.7 Å². The highest BCUT2D eigenvalue weighted by Crippen LogP contribution is 2.30. The van der Waals surface area contributed by atoms with Crippen molar-refractivity contribution in [2.45, 2.75) is 6.92 Å². The van der Waals surface area contributed by atoms with Crippen LogP contribution in [0.25, 0.3) is 10.9 Å². The molecule has 0 saturated heterocycles. The normalized spacial score (nSPS) is 10.8. The van der Waals surface area contributed by atoms with E-state index in [2.05, 4.69) is 9.97 Å². The summed E-state index contributed by atoms with van der Waals surface area (Å²) in [7, 11) is 0. The summed E-state index contributed by atoms with van der Waals surface area (Å²) in [5, 5.41) is 0.813. The number of benzene rings is 2. The van der Waals surface area contributed by atoms with Crippen molar-refractivity contribution in [3.8, 4) is 11.6 Å². The highest BCUT2D eigenvalue weighted by molar-refractivity contribution is 6.28. The molecule has 100 valence electrons. The number of halogens is 2. The van der Waals surface area contributed by atoms with Gasteiger partial charge in [0.1, 0.15) is 11.6 Å². The van der Waals surface area contributed by atoms with E-state index in [1.165, 1.54) is 12.1 Å². The first-order valence-corrected chi connectivity index (χ1v) is 6.37. The average Bonchev–Trinajstić information content (AvgIpc) is 2.43. The lowest BCUT2D eigenvalue weighted by Gasteiger charge is -2.10. The van der Waals surface area contributed by atoms with Crippen LogP contribution in [0.2, 0.25) is 5.28 Å². The molecule has 0 radical (unpaired) electrons. The molecule has 0 bridgehead atoms. The highest BCUT2D eigenvalue weighted by Gasteiger charge is 2.10. The fraction of sp³-hybridized carbons (Fsp3) is 0.0667. The molecule has 5 heteroatoms. The maximum Gasteiger partial charge on any atom is 0.231 e. The lowest BCUT2D eigenvalue weighted by atomic mass is 10.2. The summed E-state index contributed by atoms with van der Waals surface area (Å²) in [5.74, 6) is 0.356. The molecular formula is C15H10ClFN2O. The largest absolute Gasteiger partial charge is 0.438 e. The number of nitrogens with zero attached hydrogens (tertiary/aromatic N) is 2. The van der Waals surface area contributed by atoms with Crippen LogP contribution in [0.15, 0.2) is 42.5 Å². The third-order valence-electron chi connectivity index (χ3n) is 2.90. The monoisotopic (exact) mass is 288 g/mol. The summed E-state index contributed by atoms with van der Waals surface area (Å²) < 4.78 is 19.0. The summed E-state index contributed by atoms with van der Waals surface area (Å²) in [6.07, 6.45) is 0. The Morgan fingerprint density at radius 3 is 2.75 bits per heavy atom. The maximum atomic E-state index is 13.3. The van der Waals surface area contributed by atoms with E-state index in [0.717, 1.165) is 10.9 Å². The molecule has 3 aromatic rings. The van der Waals surface area contributed by atoms with Crippen molar-refractivity contribution in [1.82, 2.24) is 9.97 Å². The molecule has 1 heterocycles. The van der Waals surface area contributed by atoms with Crippen molar-refractivity contribution in [3.05, 3.63) is 59.1 Å². The molecule has 20 heavy (non-hydrogen) atoms. The van der Waals surface area contributed by atoms with E-state index in [9.17, 15) is 4.39 Å². The van der Waals surface area contributed by atoms with Crippen LogP contribution in [0.4, 0.5) is 4.39 Å². The van der Waals surface area contributed by atoms with Crippen LogP contribution in [0.3, 0.4) is 0 Å². The van der Waals surface area contributed by atoms with Crippen molar-refractivity contribution in [3.63, 3.8) is 0 Å². The van der Waals surface area contributed by atoms with Crippen molar-refractivity contribution in [1.29, 1.82) is 0 Å². The van der Waals surface area contributed by atoms with Gasteiger partial charge in [-0.2, -0.15) is 4.98 Å². The smallest absolute Gasteiger partial charge is 0.231 e. The number of hydrogen-bond acceptors (Lipinski definition) is 3. The molecule has 0 aliphatic heterocycles. The Hall–Kier alpha value is -2.20. The van der Waals surface area contributed by atoms with Crippen molar-refractivity contribution < 1.29 is 9.13 Å². The van der Waals surface area contributed by atoms with Crippen LogP contribution in [-0.2, 0) is 0 Å². The van der Waals surface area contributed by atoms with Gasteiger partial charge in [0.2, 0.25) is 11.2 Å². The summed E-state index contributed by atoms with van der Waals surface area (Å²) in [4.78, 5) is 8.20. The third-order valence-corrected chi connectivity index (χ3v) is 3.07. The Bertz CT molecular complexity index is 792. The maximum absolute atomic E-state index is 13.3. The van der Waals surface area contributed by atoms with E-state index in [1.54, 1.807) is 6.07 Å². The highest BCUT2D eigenvalue weighted by atomic mass is 35.5. The van der Waals surface area contributed by atoms with Gasteiger partial charge in [0.05, 0.1) is 10.9 Å². The first-order valence-electron chi connectivity index (χ1n) is 6.00. The zero-order valence-electron chi connectivity index (χ0n) is 10.6. The Morgan fingerprint density at radius 2 is 1.90 bits per heavy atom. The summed E-state index contributed by atoms with van der Waals surface area (Å²) in [6.45, 7) is 1.83. The van der Waals surface area contributed by atoms with E-state index in [4.69, 9.17) is 16.3 Å². The average molecular weight is 289 g/mol. The third kappa shape index (κ3) is 2.42. The lowest BCUT2D eigenvalue weighted by Crippen LogP contribution is -1.95. The molecule has 0 aliphatic rings. The second-order valence-electron chi connectivity index (χ2n) is 4.33. The number of aromatic nitrogens is 2. The van der Waals surface area contributed by atoms with Gasteiger partial charge in [0.15, 0.2) is 0 Å². The number of aryl methyl sites for hydroxylation is 1. The summed E-state index contributed by atoms with van der Waals surface area (Å²) in [5.41, 5.74) is 1.49. The summed E-state index contributed by atoms with van der Waals surface area (Å²) >= 11 is 5.88. The molecule has 2 aromatic carbocycles. The Morgan fingerprint density at radius 1 is 1.10 bits per heavy atom. The van der Waals surface area contributed by atoms with Crippen LogP contribution in [-0.4, -0.2) is 9.97 Å². The Labute approximate surface area is 120 Å². The molecule has 1 aromatic heterocycles. The zero-order chi connectivity index (χ0) is 14.1. The number of para-hydroxylation sites is 1. The quantitative estimate of drug-likeness (QED) is 0.650. The molecule has 0 unspecified atom stereocenters. The van der Waals surface area contributed by atoms with Crippen molar-refractivity contribution >= 4 is 22.5 Å². The van der Waals surface area contributed by atoms with E-state index < -0.39 is 0 Å².